The number of aromatic nitrogens is 1. The van der Waals surface area contributed by atoms with Crippen molar-refractivity contribution in [3.63, 3.8) is 0 Å². The van der Waals surface area contributed by atoms with E-state index in [0.717, 1.165) is 5.56 Å². The molecule has 1 saturated heterocycles. The van der Waals surface area contributed by atoms with E-state index >= 15 is 0 Å². The van der Waals surface area contributed by atoms with Crippen molar-refractivity contribution in [3.05, 3.63) is 30.1 Å². The van der Waals surface area contributed by atoms with Gasteiger partial charge in [0.25, 0.3) is 0 Å². The van der Waals surface area contributed by atoms with E-state index < -0.39 is 17.9 Å². The molecule has 1 aliphatic rings. The molecular weight excluding hydrogens is 232 g/mol. The lowest BCUT2D eigenvalue weighted by atomic mass is 9.94. The number of likely N-dealkylation sites (tertiary alicyclic amines) is 1. The molecule has 0 aliphatic carbocycles. The Balaban J connectivity index is 2.43. The van der Waals surface area contributed by atoms with Gasteiger partial charge in [-0.2, -0.15) is 0 Å². The van der Waals surface area contributed by atoms with Crippen LogP contribution < -0.4 is 0 Å². The fourth-order valence-electron chi connectivity index (χ4n) is 2.53. The van der Waals surface area contributed by atoms with Crippen LogP contribution in [-0.2, 0) is 9.59 Å². The molecule has 1 aliphatic heterocycles. The molecule has 2 heterocycles. The van der Waals surface area contributed by atoms with E-state index in [9.17, 15) is 14.7 Å². The van der Waals surface area contributed by atoms with Gasteiger partial charge in [-0.15, -0.1) is 0 Å². The van der Waals surface area contributed by atoms with Crippen LogP contribution in [0.3, 0.4) is 0 Å². The van der Waals surface area contributed by atoms with Crippen molar-refractivity contribution in [2.45, 2.75) is 32.4 Å². The van der Waals surface area contributed by atoms with Gasteiger partial charge < -0.3 is 10.0 Å². The van der Waals surface area contributed by atoms with Gasteiger partial charge in [0.1, 0.15) is 0 Å². The summed E-state index contributed by atoms with van der Waals surface area (Å²) in [5, 5.41) is 9.26. The molecule has 1 aromatic heterocycles. The van der Waals surface area contributed by atoms with E-state index in [0.29, 0.717) is 0 Å². The Morgan fingerprint density at radius 3 is 2.78 bits per heavy atom. The lowest BCUT2D eigenvalue weighted by molar-refractivity contribution is -0.142. The van der Waals surface area contributed by atoms with Gasteiger partial charge in [-0.1, -0.05) is 6.07 Å². The number of hydrogen-bond acceptors (Lipinski definition) is 3. The maximum atomic E-state index is 12.0. The molecule has 0 bridgehead atoms. The van der Waals surface area contributed by atoms with Gasteiger partial charge in [-0.25, -0.2) is 0 Å². The molecule has 1 amide bonds. The summed E-state index contributed by atoms with van der Waals surface area (Å²) in [6, 6.07) is 3.15. The molecule has 1 aromatic rings. The lowest BCUT2D eigenvalue weighted by Crippen LogP contribution is -2.36. The van der Waals surface area contributed by atoms with E-state index in [1.165, 1.54) is 0 Å². The first-order valence-corrected chi connectivity index (χ1v) is 5.96. The first-order valence-electron chi connectivity index (χ1n) is 5.96. The first kappa shape index (κ1) is 12.5. The minimum absolute atomic E-state index is 0.0212. The van der Waals surface area contributed by atoms with Gasteiger partial charge >= 0.3 is 5.97 Å². The van der Waals surface area contributed by atoms with Gasteiger partial charge in [0, 0.05) is 24.9 Å². The molecule has 18 heavy (non-hydrogen) atoms. The Labute approximate surface area is 105 Å². The Hall–Kier alpha value is -1.91. The average Bonchev–Trinajstić information content (AvgIpc) is 2.68. The summed E-state index contributed by atoms with van der Waals surface area (Å²) in [4.78, 5) is 28.9. The van der Waals surface area contributed by atoms with E-state index in [1.54, 1.807) is 23.4 Å². The highest BCUT2D eigenvalue weighted by atomic mass is 16.4. The van der Waals surface area contributed by atoms with Crippen LogP contribution in [0.2, 0.25) is 0 Å². The number of hydrogen-bond donors (Lipinski definition) is 1. The second kappa shape index (κ2) is 4.76. The second-order valence-corrected chi connectivity index (χ2v) is 4.77. The molecular formula is C13H16N2O3. The van der Waals surface area contributed by atoms with Gasteiger partial charge in [0.15, 0.2) is 0 Å². The minimum atomic E-state index is -0.930. The SMILES string of the molecule is CC(C)N1C(=O)C[C@@H](C(=O)O)[C@@H]1c1cccnc1. The normalized spacial score (nSPS) is 23.7. The summed E-state index contributed by atoms with van der Waals surface area (Å²) >= 11 is 0. The third-order valence-electron chi connectivity index (χ3n) is 3.26. The molecule has 0 saturated carbocycles. The number of nitrogens with zero attached hydrogens (tertiary/aromatic N) is 2. The zero-order chi connectivity index (χ0) is 13.3. The highest BCUT2D eigenvalue weighted by Gasteiger charge is 2.45. The lowest BCUT2D eigenvalue weighted by Gasteiger charge is -2.30. The highest BCUT2D eigenvalue weighted by molar-refractivity contribution is 5.87. The quantitative estimate of drug-likeness (QED) is 0.879. The molecule has 5 heteroatoms. The molecule has 0 aromatic carbocycles. The van der Waals surface area contributed by atoms with Crippen LogP contribution in [0.25, 0.3) is 0 Å². The molecule has 1 fully saturated rings. The van der Waals surface area contributed by atoms with E-state index in [1.807, 2.05) is 19.9 Å². The standard InChI is InChI=1S/C13H16N2O3/c1-8(2)15-11(16)6-10(13(17)18)12(15)9-4-3-5-14-7-9/h3-5,7-8,10,12H,6H2,1-2H3,(H,17,18)/t10-,12+/m1/s1. The van der Waals surface area contributed by atoms with Crippen molar-refractivity contribution < 1.29 is 14.7 Å². The smallest absolute Gasteiger partial charge is 0.309 e. The summed E-state index contributed by atoms with van der Waals surface area (Å²) < 4.78 is 0. The first-order chi connectivity index (χ1) is 8.52. The molecule has 2 rings (SSSR count). The van der Waals surface area contributed by atoms with Crippen molar-refractivity contribution in [1.29, 1.82) is 0 Å². The summed E-state index contributed by atoms with van der Waals surface area (Å²) in [5.41, 5.74) is 0.782. The topological polar surface area (TPSA) is 70.5 Å². The monoisotopic (exact) mass is 248 g/mol. The van der Waals surface area contributed by atoms with E-state index in [4.69, 9.17) is 0 Å². The van der Waals surface area contributed by atoms with Crippen LogP contribution in [0, 0.1) is 5.92 Å². The van der Waals surface area contributed by atoms with E-state index in [2.05, 4.69) is 4.98 Å². The number of amides is 1. The predicted octanol–water partition coefficient (Wildman–Crippen LogP) is 1.46. The van der Waals surface area contributed by atoms with Crippen LogP contribution in [-0.4, -0.2) is 32.9 Å². The van der Waals surface area contributed by atoms with Crippen LogP contribution >= 0.6 is 0 Å². The average molecular weight is 248 g/mol. The van der Waals surface area contributed by atoms with Crippen molar-refractivity contribution in [3.8, 4) is 0 Å². The van der Waals surface area contributed by atoms with Crippen LogP contribution in [0.15, 0.2) is 24.5 Å². The number of rotatable bonds is 3. The van der Waals surface area contributed by atoms with Crippen molar-refractivity contribution in [1.82, 2.24) is 9.88 Å². The fourth-order valence-corrected chi connectivity index (χ4v) is 2.53. The number of aliphatic carboxylic acids is 1. The summed E-state index contributed by atoms with van der Waals surface area (Å²) in [5.74, 6) is -1.73. The summed E-state index contributed by atoms with van der Waals surface area (Å²) in [6.45, 7) is 3.79. The number of carboxylic acid groups (broad SMARTS) is 1. The third kappa shape index (κ3) is 2.08. The van der Waals surface area contributed by atoms with Crippen molar-refractivity contribution in [2.75, 3.05) is 0 Å². The van der Waals surface area contributed by atoms with Crippen LogP contribution in [0.1, 0.15) is 31.9 Å². The largest absolute Gasteiger partial charge is 0.481 e. The number of carboxylic acids is 1. The molecule has 1 N–H and O–H groups in total. The molecule has 0 radical (unpaired) electrons. The molecule has 2 atom stereocenters. The molecule has 96 valence electrons. The fraction of sp³-hybridized carbons (Fsp3) is 0.462. The Kier molecular flexibility index (Phi) is 3.32. The third-order valence-corrected chi connectivity index (χ3v) is 3.26. The van der Waals surface area contributed by atoms with Gasteiger partial charge in [-0.3, -0.25) is 14.6 Å². The zero-order valence-corrected chi connectivity index (χ0v) is 10.4. The van der Waals surface area contributed by atoms with Gasteiger partial charge in [0.05, 0.1) is 12.0 Å². The maximum absolute atomic E-state index is 12.0. The van der Waals surface area contributed by atoms with Gasteiger partial charge in [-0.05, 0) is 25.5 Å². The molecule has 5 nitrogen and oxygen atoms in total. The van der Waals surface area contributed by atoms with Crippen LogP contribution in [0.5, 0.6) is 0 Å². The Morgan fingerprint density at radius 1 is 1.56 bits per heavy atom. The van der Waals surface area contributed by atoms with Gasteiger partial charge in [0.2, 0.25) is 5.91 Å². The molecule has 0 unspecified atom stereocenters. The Bertz CT molecular complexity index is 459. The molecule has 0 spiro atoms. The minimum Gasteiger partial charge on any atom is -0.481 e. The van der Waals surface area contributed by atoms with Crippen LogP contribution in [0.4, 0.5) is 0 Å². The van der Waals surface area contributed by atoms with Crippen molar-refractivity contribution >= 4 is 11.9 Å². The Morgan fingerprint density at radius 2 is 2.28 bits per heavy atom. The summed E-state index contributed by atoms with van der Waals surface area (Å²) in [7, 11) is 0. The zero-order valence-electron chi connectivity index (χ0n) is 10.4. The van der Waals surface area contributed by atoms with Crippen molar-refractivity contribution in [2.24, 2.45) is 5.92 Å². The maximum Gasteiger partial charge on any atom is 0.309 e. The number of carbonyl (C=O) groups excluding carboxylic acids is 1. The predicted molar refractivity (Wildman–Crippen MR) is 64.7 cm³/mol. The number of pyridine rings is 1. The van der Waals surface area contributed by atoms with E-state index in [-0.39, 0.29) is 18.4 Å². The highest BCUT2D eigenvalue weighted by Crippen LogP contribution is 2.39. The second-order valence-electron chi connectivity index (χ2n) is 4.77. The summed E-state index contributed by atoms with van der Waals surface area (Å²) in [6.07, 6.45) is 3.33. The number of carbonyl (C=O) groups is 2.